The fourth-order valence-electron chi connectivity index (χ4n) is 2.83. The van der Waals surface area contributed by atoms with Gasteiger partial charge in [0, 0.05) is 31.6 Å². The Kier molecular flexibility index (Phi) is 5.46. The molecule has 3 rings (SSSR count). The standard InChI is InChI=1S/C19H22N2O3/c1-23-18(15-6-3-2-4-7-15)19(22)20-16-8-5-9-17(14-16)21-10-12-24-13-11-21/h2-9,14,18H,10-13H2,1H3,(H,20,22). The minimum absolute atomic E-state index is 0.178. The number of rotatable bonds is 5. The molecule has 0 bridgehead atoms. The molecule has 0 spiro atoms. The number of nitrogens with one attached hydrogen (secondary N) is 1. The summed E-state index contributed by atoms with van der Waals surface area (Å²) in [4.78, 5) is 14.8. The Morgan fingerprint density at radius 3 is 2.58 bits per heavy atom. The van der Waals surface area contributed by atoms with Crippen molar-refractivity contribution in [2.24, 2.45) is 0 Å². The van der Waals surface area contributed by atoms with Gasteiger partial charge in [0.15, 0.2) is 6.10 Å². The molecule has 1 fully saturated rings. The van der Waals surface area contributed by atoms with Gasteiger partial charge in [-0.3, -0.25) is 4.79 Å². The number of anilines is 2. The van der Waals surface area contributed by atoms with Crippen LogP contribution in [0.5, 0.6) is 0 Å². The summed E-state index contributed by atoms with van der Waals surface area (Å²) in [5, 5.41) is 2.95. The van der Waals surface area contributed by atoms with Crippen molar-refractivity contribution in [1.29, 1.82) is 0 Å². The molecule has 5 nitrogen and oxygen atoms in total. The van der Waals surface area contributed by atoms with Crippen molar-refractivity contribution >= 4 is 17.3 Å². The van der Waals surface area contributed by atoms with Crippen LogP contribution in [0.25, 0.3) is 0 Å². The molecule has 5 heteroatoms. The molecule has 0 saturated carbocycles. The van der Waals surface area contributed by atoms with Crippen molar-refractivity contribution in [1.82, 2.24) is 0 Å². The van der Waals surface area contributed by atoms with E-state index in [9.17, 15) is 4.79 Å². The van der Waals surface area contributed by atoms with Gasteiger partial charge in [0.05, 0.1) is 13.2 Å². The van der Waals surface area contributed by atoms with Crippen molar-refractivity contribution in [3.8, 4) is 0 Å². The average Bonchev–Trinajstić information content (AvgIpc) is 2.64. The van der Waals surface area contributed by atoms with Crippen LogP contribution in [0.4, 0.5) is 11.4 Å². The van der Waals surface area contributed by atoms with Crippen LogP contribution >= 0.6 is 0 Å². The molecule has 1 unspecified atom stereocenters. The molecule has 1 aliphatic heterocycles. The fraction of sp³-hybridized carbons (Fsp3) is 0.316. The minimum Gasteiger partial charge on any atom is -0.378 e. The number of carbonyl (C=O) groups is 1. The highest BCUT2D eigenvalue weighted by molar-refractivity contribution is 5.95. The summed E-state index contributed by atoms with van der Waals surface area (Å²) in [7, 11) is 1.54. The Bertz CT molecular complexity index is 669. The quantitative estimate of drug-likeness (QED) is 0.918. The normalized spacial score (nSPS) is 15.8. The molecule has 0 aliphatic carbocycles. The van der Waals surface area contributed by atoms with Gasteiger partial charge in [-0.05, 0) is 23.8 Å². The van der Waals surface area contributed by atoms with Gasteiger partial charge in [-0.15, -0.1) is 0 Å². The topological polar surface area (TPSA) is 50.8 Å². The van der Waals surface area contributed by atoms with E-state index in [0.717, 1.165) is 43.2 Å². The molecule has 2 aromatic rings. The number of carbonyl (C=O) groups excluding carboxylic acids is 1. The van der Waals surface area contributed by atoms with Crippen molar-refractivity contribution in [3.63, 3.8) is 0 Å². The van der Waals surface area contributed by atoms with Gasteiger partial charge < -0.3 is 19.7 Å². The largest absolute Gasteiger partial charge is 0.378 e. The molecule has 1 aliphatic rings. The number of methoxy groups -OCH3 is 1. The Morgan fingerprint density at radius 1 is 1.12 bits per heavy atom. The zero-order chi connectivity index (χ0) is 16.8. The molecule has 0 radical (unpaired) electrons. The van der Waals surface area contributed by atoms with Crippen LogP contribution < -0.4 is 10.2 Å². The number of morpholine rings is 1. The average molecular weight is 326 g/mol. The molecule has 0 aromatic heterocycles. The van der Waals surface area contributed by atoms with Gasteiger partial charge in [0.25, 0.3) is 5.91 Å². The predicted octanol–water partition coefficient (Wildman–Crippen LogP) is 2.85. The molecule has 2 aromatic carbocycles. The molecule has 24 heavy (non-hydrogen) atoms. The first kappa shape index (κ1) is 16.5. The van der Waals surface area contributed by atoms with E-state index in [1.807, 2.05) is 54.6 Å². The third kappa shape index (κ3) is 3.93. The molecule has 1 saturated heterocycles. The number of benzene rings is 2. The van der Waals surface area contributed by atoms with E-state index in [4.69, 9.17) is 9.47 Å². The summed E-state index contributed by atoms with van der Waals surface area (Å²) in [5.74, 6) is -0.178. The second-order valence-electron chi connectivity index (χ2n) is 5.67. The molecular formula is C19H22N2O3. The molecule has 1 atom stereocenters. The van der Waals surface area contributed by atoms with Gasteiger partial charge in [0.2, 0.25) is 0 Å². The van der Waals surface area contributed by atoms with Gasteiger partial charge >= 0.3 is 0 Å². The van der Waals surface area contributed by atoms with E-state index < -0.39 is 6.10 Å². The van der Waals surface area contributed by atoms with E-state index in [0.29, 0.717) is 0 Å². The summed E-state index contributed by atoms with van der Waals surface area (Å²) >= 11 is 0. The first-order chi connectivity index (χ1) is 11.8. The van der Waals surface area contributed by atoms with Crippen molar-refractivity contribution in [3.05, 3.63) is 60.2 Å². The maximum Gasteiger partial charge on any atom is 0.258 e. The highest BCUT2D eigenvalue weighted by atomic mass is 16.5. The lowest BCUT2D eigenvalue weighted by Gasteiger charge is -2.29. The third-order valence-electron chi connectivity index (χ3n) is 4.07. The van der Waals surface area contributed by atoms with Crippen LogP contribution in [0.2, 0.25) is 0 Å². The zero-order valence-corrected chi connectivity index (χ0v) is 13.8. The molecule has 126 valence electrons. The van der Waals surface area contributed by atoms with Crippen LogP contribution in [0.1, 0.15) is 11.7 Å². The van der Waals surface area contributed by atoms with E-state index in [2.05, 4.69) is 10.2 Å². The summed E-state index contributed by atoms with van der Waals surface area (Å²) < 4.78 is 10.8. The summed E-state index contributed by atoms with van der Waals surface area (Å²) in [6.07, 6.45) is -0.627. The lowest BCUT2D eigenvalue weighted by molar-refractivity contribution is -0.126. The van der Waals surface area contributed by atoms with Crippen LogP contribution in [-0.2, 0) is 14.3 Å². The number of nitrogens with zero attached hydrogens (tertiary/aromatic N) is 1. The molecule has 1 amide bonds. The lowest BCUT2D eigenvalue weighted by atomic mass is 10.1. The maximum atomic E-state index is 12.6. The van der Waals surface area contributed by atoms with Crippen LogP contribution in [0.15, 0.2) is 54.6 Å². The predicted molar refractivity (Wildman–Crippen MR) is 94.3 cm³/mol. The summed E-state index contributed by atoms with van der Waals surface area (Å²) in [5.41, 5.74) is 2.69. The van der Waals surface area contributed by atoms with Crippen LogP contribution in [-0.4, -0.2) is 39.3 Å². The van der Waals surface area contributed by atoms with Crippen LogP contribution in [0.3, 0.4) is 0 Å². The maximum absolute atomic E-state index is 12.6. The number of hydrogen-bond donors (Lipinski definition) is 1. The van der Waals surface area contributed by atoms with Crippen molar-refractivity contribution in [2.45, 2.75) is 6.10 Å². The first-order valence-corrected chi connectivity index (χ1v) is 8.09. The number of hydrogen-bond acceptors (Lipinski definition) is 4. The van der Waals surface area contributed by atoms with E-state index in [1.54, 1.807) is 7.11 Å². The van der Waals surface area contributed by atoms with Crippen molar-refractivity contribution < 1.29 is 14.3 Å². The smallest absolute Gasteiger partial charge is 0.258 e. The van der Waals surface area contributed by atoms with Crippen molar-refractivity contribution in [2.75, 3.05) is 43.6 Å². The van der Waals surface area contributed by atoms with E-state index in [1.165, 1.54) is 0 Å². The molecular weight excluding hydrogens is 304 g/mol. The van der Waals surface area contributed by atoms with Gasteiger partial charge in [-0.1, -0.05) is 36.4 Å². The Balaban J connectivity index is 1.71. The van der Waals surface area contributed by atoms with E-state index in [-0.39, 0.29) is 5.91 Å². The second kappa shape index (κ2) is 7.95. The first-order valence-electron chi connectivity index (χ1n) is 8.09. The third-order valence-corrected chi connectivity index (χ3v) is 4.07. The highest BCUT2D eigenvalue weighted by Crippen LogP contribution is 2.23. The number of ether oxygens (including phenoxy) is 2. The van der Waals surface area contributed by atoms with Crippen LogP contribution in [0, 0.1) is 0 Å². The zero-order valence-electron chi connectivity index (χ0n) is 13.8. The Labute approximate surface area is 142 Å². The summed E-state index contributed by atoms with van der Waals surface area (Å²) in [6.45, 7) is 3.19. The Hall–Kier alpha value is -2.37. The monoisotopic (exact) mass is 326 g/mol. The van der Waals surface area contributed by atoms with Gasteiger partial charge in [-0.2, -0.15) is 0 Å². The molecule has 1 heterocycles. The minimum atomic E-state index is -0.627. The Morgan fingerprint density at radius 2 is 1.88 bits per heavy atom. The molecule has 1 N–H and O–H groups in total. The highest BCUT2D eigenvalue weighted by Gasteiger charge is 2.20. The fourth-order valence-corrected chi connectivity index (χ4v) is 2.83. The second-order valence-corrected chi connectivity index (χ2v) is 5.67. The lowest BCUT2D eigenvalue weighted by Crippen LogP contribution is -2.36. The SMILES string of the molecule is COC(C(=O)Nc1cccc(N2CCOCC2)c1)c1ccccc1. The number of amides is 1. The van der Waals surface area contributed by atoms with E-state index >= 15 is 0 Å². The van der Waals surface area contributed by atoms with Gasteiger partial charge in [-0.25, -0.2) is 0 Å². The summed E-state index contributed by atoms with van der Waals surface area (Å²) in [6, 6.07) is 17.4. The van der Waals surface area contributed by atoms with Gasteiger partial charge in [0.1, 0.15) is 0 Å².